The second kappa shape index (κ2) is 7.41. The van der Waals surface area contributed by atoms with Crippen molar-refractivity contribution in [2.75, 3.05) is 6.54 Å². The summed E-state index contributed by atoms with van der Waals surface area (Å²) < 4.78 is 25.3. The number of halogens is 1. The topological polar surface area (TPSA) is 38.8 Å². The van der Waals surface area contributed by atoms with Gasteiger partial charge in [-0.3, -0.25) is 0 Å². The first kappa shape index (κ1) is 17.1. The number of carbonyl (C=O) groups excluding carboxylic acids is 1. The third kappa shape index (κ3) is 4.00. The van der Waals surface area contributed by atoms with Gasteiger partial charge in [0.1, 0.15) is 6.10 Å². The van der Waals surface area contributed by atoms with Crippen LogP contribution in [0.5, 0.6) is 5.75 Å². The summed E-state index contributed by atoms with van der Waals surface area (Å²) in [6, 6.07) is 4.95. The summed E-state index contributed by atoms with van der Waals surface area (Å²) in [6.45, 7) is 4.78. The van der Waals surface area contributed by atoms with Gasteiger partial charge in [0.15, 0.2) is 11.6 Å². The molecule has 1 amide bonds. The van der Waals surface area contributed by atoms with Crippen LogP contribution in [0.3, 0.4) is 0 Å². The molecule has 3 rings (SSSR count). The van der Waals surface area contributed by atoms with E-state index < -0.39 is 0 Å². The quantitative estimate of drug-likeness (QED) is 0.794. The maximum Gasteiger partial charge on any atom is 0.410 e. The Kier molecular flexibility index (Phi) is 5.27. The molecular weight excluding hydrogens is 309 g/mol. The lowest BCUT2D eigenvalue weighted by atomic mass is 9.86. The lowest BCUT2D eigenvalue weighted by Crippen LogP contribution is -2.26. The molecule has 1 heterocycles. The zero-order chi connectivity index (χ0) is 17.1. The van der Waals surface area contributed by atoms with Gasteiger partial charge in [-0.05, 0) is 50.3 Å². The largest absolute Gasteiger partial charge is 0.487 e. The van der Waals surface area contributed by atoms with Crippen molar-refractivity contribution in [3.8, 4) is 5.75 Å². The standard InChI is InChI=1S/C19H26FNO3/c1-13-11-21(19(22)23-13)12-15-8-9-18(17(20)10-15)24-14(2)16-6-4-3-5-7-16/h8-10,13-14,16H,3-7,11-12H2,1-2H3/t13-,14?/m1/s1. The Morgan fingerprint density at radius 1 is 1.33 bits per heavy atom. The maximum atomic E-state index is 14.4. The molecule has 1 aromatic carbocycles. The predicted molar refractivity (Wildman–Crippen MR) is 89.4 cm³/mol. The van der Waals surface area contributed by atoms with Crippen molar-refractivity contribution < 1.29 is 18.7 Å². The van der Waals surface area contributed by atoms with Crippen molar-refractivity contribution in [3.05, 3.63) is 29.6 Å². The number of ether oxygens (including phenoxy) is 2. The minimum Gasteiger partial charge on any atom is -0.487 e. The fourth-order valence-corrected chi connectivity index (χ4v) is 3.66. The van der Waals surface area contributed by atoms with Gasteiger partial charge in [0, 0.05) is 6.54 Å². The molecule has 1 aromatic rings. The molecular formula is C19H26FNO3. The summed E-state index contributed by atoms with van der Waals surface area (Å²) in [4.78, 5) is 13.2. The second-order valence-electron chi connectivity index (χ2n) is 7.06. The Hall–Kier alpha value is -1.78. The Morgan fingerprint density at radius 2 is 2.08 bits per heavy atom. The highest BCUT2D eigenvalue weighted by molar-refractivity contribution is 5.69. The Labute approximate surface area is 142 Å². The third-order valence-corrected chi connectivity index (χ3v) is 5.03. The van der Waals surface area contributed by atoms with Gasteiger partial charge >= 0.3 is 6.09 Å². The molecule has 0 aromatic heterocycles. The first-order valence-corrected chi connectivity index (χ1v) is 8.93. The number of nitrogens with zero attached hydrogens (tertiary/aromatic N) is 1. The zero-order valence-corrected chi connectivity index (χ0v) is 14.5. The van der Waals surface area contributed by atoms with Gasteiger partial charge in [0.2, 0.25) is 0 Å². The van der Waals surface area contributed by atoms with Crippen LogP contribution in [0.25, 0.3) is 0 Å². The number of rotatable bonds is 5. The average Bonchev–Trinajstić information content (AvgIpc) is 2.88. The summed E-state index contributed by atoms with van der Waals surface area (Å²) in [6.07, 6.45) is 5.68. The van der Waals surface area contributed by atoms with E-state index in [1.165, 1.54) is 25.3 Å². The summed E-state index contributed by atoms with van der Waals surface area (Å²) in [5, 5.41) is 0. The molecule has 4 nitrogen and oxygen atoms in total. The number of benzene rings is 1. The van der Waals surface area contributed by atoms with E-state index >= 15 is 0 Å². The first-order chi connectivity index (χ1) is 11.5. The summed E-state index contributed by atoms with van der Waals surface area (Å²) in [7, 11) is 0. The third-order valence-electron chi connectivity index (χ3n) is 5.03. The first-order valence-electron chi connectivity index (χ1n) is 8.93. The number of cyclic esters (lactones) is 1. The minimum absolute atomic E-state index is 0.0278. The monoisotopic (exact) mass is 335 g/mol. The molecule has 5 heteroatoms. The van der Waals surface area contributed by atoms with Crippen LogP contribution in [0.2, 0.25) is 0 Å². The van der Waals surface area contributed by atoms with Crippen molar-refractivity contribution >= 4 is 6.09 Å². The lowest BCUT2D eigenvalue weighted by Gasteiger charge is -2.28. The van der Waals surface area contributed by atoms with Gasteiger partial charge in [0.25, 0.3) is 0 Å². The summed E-state index contributed by atoms with van der Waals surface area (Å²) in [5.74, 6) is 0.448. The van der Waals surface area contributed by atoms with E-state index in [0.717, 1.165) is 18.4 Å². The molecule has 1 saturated carbocycles. The van der Waals surface area contributed by atoms with Gasteiger partial charge in [-0.1, -0.05) is 25.3 Å². The SMILES string of the molecule is CC(Oc1ccc(CN2C[C@@H](C)OC2=O)cc1F)C1CCCCC1. The van der Waals surface area contributed by atoms with Crippen LogP contribution >= 0.6 is 0 Å². The number of amides is 1. The van der Waals surface area contributed by atoms with E-state index in [2.05, 4.69) is 0 Å². The molecule has 24 heavy (non-hydrogen) atoms. The van der Waals surface area contributed by atoms with E-state index in [0.29, 0.717) is 24.8 Å². The zero-order valence-electron chi connectivity index (χ0n) is 14.5. The van der Waals surface area contributed by atoms with E-state index in [1.54, 1.807) is 11.0 Å². The van der Waals surface area contributed by atoms with Crippen molar-refractivity contribution in [2.24, 2.45) is 5.92 Å². The number of carbonyl (C=O) groups is 1. The molecule has 2 aliphatic rings. The molecule has 0 radical (unpaired) electrons. The van der Waals surface area contributed by atoms with E-state index in [-0.39, 0.29) is 24.1 Å². The van der Waals surface area contributed by atoms with E-state index in [4.69, 9.17) is 9.47 Å². The van der Waals surface area contributed by atoms with Gasteiger partial charge < -0.3 is 14.4 Å². The highest BCUT2D eigenvalue weighted by Gasteiger charge is 2.28. The Morgan fingerprint density at radius 3 is 2.71 bits per heavy atom. The minimum atomic E-state index is -0.365. The predicted octanol–water partition coefficient (Wildman–Crippen LogP) is 4.51. The molecule has 0 N–H and O–H groups in total. The normalized spacial score (nSPS) is 23.2. The van der Waals surface area contributed by atoms with Crippen molar-refractivity contribution in [2.45, 2.75) is 64.7 Å². The molecule has 1 aliphatic heterocycles. The maximum absolute atomic E-state index is 14.4. The Bertz CT molecular complexity index is 586. The van der Waals surface area contributed by atoms with Crippen LogP contribution in [0.4, 0.5) is 9.18 Å². The van der Waals surface area contributed by atoms with E-state index in [1.807, 2.05) is 19.9 Å². The number of hydrogen-bond acceptors (Lipinski definition) is 3. The molecule has 1 unspecified atom stereocenters. The molecule has 0 bridgehead atoms. The van der Waals surface area contributed by atoms with Crippen LogP contribution in [-0.4, -0.2) is 29.7 Å². The molecule has 0 spiro atoms. The van der Waals surface area contributed by atoms with Gasteiger partial charge in [-0.15, -0.1) is 0 Å². The van der Waals surface area contributed by atoms with Gasteiger partial charge in [0.05, 0.1) is 12.6 Å². The second-order valence-corrected chi connectivity index (χ2v) is 7.06. The van der Waals surface area contributed by atoms with Crippen molar-refractivity contribution in [1.82, 2.24) is 4.90 Å². The fourth-order valence-electron chi connectivity index (χ4n) is 3.66. The summed E-state index contributed by atoms with van der Waals surface area (Å²) >= 11 is 0. The average molecular weight is 335 g/mol. The molecule has 2 fully saturated rings. The molecule has 1 aliphatic carbocycles. The van der Waals surface area contributed by atoms with Crippen LogP contribution < -0.4 is 4.74 Å². The highest BCUT2D eigenvalue weighted by atomic mass is 19.1. The Balaban J connectivity index is 1.61. The van der Waals surface area contributed by atoms with Crippen molar-refractivity contribution in [3.63, 3.8) is 0 Å². The van der Waals surface area contributed by atoms with Crippen LogP contribution in [0.15, 0.2) is 18.2 Å². The van der Waals surface area contributed by atoms with E-state index in [9.17, 15) is 9.18 Å². The lowest BCUT2D eigenvalue weighted by molar-refractivity contribution is 0.118. The van der Waals surface area contributed by atoms with Gasteiger partial charge in [-0.25, -0.2) is 9.18 Å². The fraction of sp³-hybridized carbons (Fsp3) is 0.632. The smallest absolute Gasteiger partial charge is 0.410 e. The molecule has 2 atom stereocenters. The summed E-state index contributed by atoms with van der Waals surface area (Å²) in [5.41, 5.74) is 0.746. The van der Waals surface area contributed by atoms with Crippen LogP contribution in [0, 0.1) is 11.7 Å². The van der Waals surface area contributed by atoms with Gasteiger partial charge in [-0.2, -0.15) is 0 Å². The van der Waals surface area contributed by atoms with Crippen molar-refractivity contribution in [1.29, 1.82) is 0 Å². The highest BCUT2D eigenvalue weighted by Crippen LogP contribution is 2.30. The molecule has 132 valence electrons. The molecule has 1 saturated heterocycles. The van der Waals surface area contributed by atoms with Crippen LogP contribution in [0.1, 0.15) is 51.5 Å². The number of hydrogen-bond donors (Lipinski definition) is 0. The van der Waals surface area contributed by atoms with Crippen LogP contribution in [-0.2, 0) is 11.3 Å².